The molecule has 136 valence electrons. The van der Waals surface area contributed by atoms with Crippen LogP contribution in [0, 0.1) is 17.3 Å². The molecule has 2 atom stereocenters. The van der Waals surface area contributed by atoms with E-state index in [0.29, 0.717) is 5.02 Å². The minimum absolute atomic E-state index is 0.00822. The van der Waals surface area contributed by atoms with Crippen LogP contribution in [0.5, 0.6) is 0 Å². The number of carbonyl (C=O) groups excluding carboxylic acids is 1. The first-order chi connectivity index (χ1) is 12.3. The normalized spacial score (nSPS) is 20.3. The van der Waals surface area contributed by atoms with Gasteiger partial charge in [-0.05, 0) is 40.7 Å². The second-order valence-electron chi connectivity index (χ2n) is 7.06. The van der Waals surface area contributed by atoms with Crippen LogP contribution < -0.4 is 0 Å². The summed E-state index contributed by atoms with van der Waals surface area (Å²) in [5.74, 6) is -0.510. The van der Waals surface area contributed by atoms with Crippen molar-refractivity contribution in [1.29, 1.82) is 0 Å². The van der Waals surface area contributed by atoms with Crippen molar-refractivity contribution in [3.8, 4) is 11.1 Å². The number of esters is 1. The summed E-state index contributed by atoms with van der Waals surface area (Å²) in [5.41, 5.74) is 2.69. The Labute approximate surface area is 168 Å². The summed E-state index contributed by atoms with van der Waals surface area (Å²) >= 11 is 17.8. The molecule has 1 aliphatic carbocycles. The monoisotopic (exact) mass is 408 g/mol. The topological polar surface area (TPSA) is 26.3 Å². The van der Waals surface area contributed by atoms with Gasteiger partial charge >= 0.3 is 5.97 Å². The van der Waals surface area contributed by atoms with E-state index in [1.165, 1.54) is 0 Å². The standard InChI is InChI=1S/C21H19Cl3O2/c1-21(2)16(11-18(23)24)19(21)20(25)26-12-15-10-14(8-9-17(15)22)13-6-4-3-5-7-13/h3-11,16,19H,12H2,1-2H3/t16-,19-/m0/s1. The Balaban J connectivity index is 1.70. The summed E-state index contributed by atoms with van der Waals surface area (Å²) in [6, 6.07) is 15.7. The number of hydrogen-bond acceptors (Lipinski definition) is 2. The minimum Gasteiger partial charge on any atom is -0.461 e. The molecule has 2 aromatic rings. The molecule has 1 aliphatic rings. The van der Waals surface area contributed by atoms with E-state index in [1.807, 2.05) is 62.4 Å². The second kappa shape index (κ2) is 7.64. The molecule has 2 aromatic carbocycles. The van der Waals surface area contributed by atoms with Crippen LogP contribution in [0.15, 0.2) is 59.1 Å². The maximum Gasteiger partial charge on any atom is 0.310 e. The Bertz CT molecular complexity index is 840. The maximum absolute atomic E-state index is 12.5. The largest absolute Gasteiger partial charge is 0.461 e. The van der Waals surface area contributed by atoms with Crippen LogP contribution in [0.25, 0.3) is 11.1 Å². The van der Waals surface area contributed by atoms with E-state index >= 15 is 0 Å². The Morgan fingerprint density at radius 1 is 1.12 bits per heavy atom. The van der Waals surface area contributed by atoms with Crippen LogP contribution in [0.2, 0.25) is 5.02 Å². The molecule has 0 aromatic heterocycles. The molecule has 0 heterocycles. The average Bonchev–Trinajstić information content (AvgIpc) is 3.14. The van der Waals surface area contributed by atoms with Crippen molar-refractivity contribution >= 4 is 40.8 Å². The molecule has 1 saturated carbocycles. The van der Waals surface area contributed by atoms with Crippen LogP contribution in [0.3, 0.4) is 0 Å². The van der Waals surface area contributed by atoms with Crippen LogP contribution >= 0.6 is 34.8 Å². The van der Waals surface area contributed by atoms with E-state index < -0.39 is 0 Å². The number of allylic oxidation sites excluding steroid dienone is 1. The first-order valence-corrected chi connectivity index (χ1v) is 9.47. The van der Waals surface area contributed by atoms with E-state index in [9.17, 15) is 4.79 Å². The zero-order chi connectivity index (χ0) is 18.9. The summed E-state index contributed by atoms with van der Waals surface area (Å²) in [7, 11) is 0. The van der Waals surface area contributed by atoms with Gasteiger partial charge in [-0.25, -0.2) is 0 Å². The van der Waals surface area contributed by atoms with Crippen molar-refractivity contribution in [2.24, 2.45) is 17.3 Å². The summed E-state index contributed by atoms with van der Waals surface area (Å²) in [4.78, 5) is 12.5. The molecule has 0 radical (unpaired) electrons. The van der Waals surface area contributed by atoms with Gasteiger partial charge in [0, 0.05) is 10.6 Å². The van der Waals surface area contributed by atoms with E-state index in [2.05, 4.69) is 0 Å². The third-order valence-corrected chi connectivity index (χ3v) is 5.61. The van der Waals surface area contributed by atoms with Gasteiger partial charge in [-0.1, -0.05) is 85.0 Å². The SMILES string of the molecule is CC1(C)[C@H](C(=O)OCc2cc(-c3ccccc3)ccc2Cl)[C@@H]1C=C(Cl)Cl. The molecule has 1 fully saturated rings. The highest BCUT2D eigenvalue weighted by atomic mass is 35.5. The molecule has 0 aliphatic heterocycles. The van der Waals surface area contributed by atoms with E-state index in [0.717, 1.165) is 16.7 Å². The molecule has 0 N–H and O–H groups in total. The van der Waals surface area contributed by atoms with Crippen molar-refractivity contribution in [3.63, 3.8) is 0 Å². The third kappa shape index (κ3) is 4.09. The van der Waals surface area contributed by atoms with Gasteiger partial charge in [0.2, 0.25) is 0 Å². The van der Waals surface area contributed by atoms with Crippen molar-refractivity contribution in [3.05, 3.63) is 69.7 Å². The van der Waals surface area contributed by atoms with Crippen molar-refractivity contribution in [2.75, 3.05) is 0 Å². The van der Waals surface area contributed by atoms with Gasteiger partial charge in [0.25, 0.3) is 0 Å². The van der Waals surface area contributed by atoms with Gasteiger partial charge < -0.3 is 4.74 Å². The lowest BCUT2D eigenvalue weighted by Crippen LogP contribution is -2.11. The van der Waals surface area contributed by atoms with Gasteiger partial charge in [0.05, 0.1) is 5.92 Å². The fourth-order valence-corrected chi connectivity index (χ4v) is 3.75. The first-order valence-electron chi connectivity index (χ1n) is 8.34. The molecule has 0 saturated heterocycles. The van der Waals surface area contributed by atoms with Crippen molar-refractivity contribution < 1.29 is 9.53 Å². The van der Waals surface area contributed by atoms with Crippen LogP contribution in [0.4, 0.5) is 0 Å². The molecule has 3 rings (SSSR count). The number of halogens is 3. The maximum atomic E-state index is 12.5. The number of rotatable bonds is 5. The summed E-state index contributed by atoms with van der Waals surface area (Å²) in [5, 5.41) is 0.577. The van der Waals surface area contributed by atoms with Gasteiger partial charge in [-0.15, -0.1) is 0 Å². The quantitative estimate of drug-likeness (QED) is 0.517. The Kier molecular flexibility index (Phi) is 5.67. The molecule has 26 heavy (non-hydrogen) atoms. The zero-order valence-electron chi connectivity index (χ0n) is 14.5. The fourth-order valence-electron chi connectivity index (χ4n) is 3.31. The molecule has 0 amide bonds. The Morgan fingerprint density at radius 3 is 2.46 bits per heavy atom. The molecule has 0 unspecified atom stereocenters. The summed E-state index contributed by atoms with van der Waals surface area (Å²) in [6.07, 6.45) is 1.71. The highest BCUT2D eigenvalue weighted by Gasteiger charge is 2.61. The van der Waals surface area contributed by atoms with Crippen LogP contribution in [0.1, 0.15) is 19.4 Å². The summed E-state index contributed by atoms with van der Waals surface area (Å²) in [6.45, 7) is 4.13. The molecule has 5 heteroatoms. The number of carbonyl (C=O) groups is 1. The van der Waals surface area contributed by atoms with Gasteiger partial charge in [-0.2, -0.15) is 0 Å². The van der Waals surface area contributed by atoms with Gasteiger partial charge in [0.1, 0.15) is 11.1 Å². The van der Waals surface area contributed by atoms with E-state index in [4.69, 9.17) is 39.5 Å². The van der Waals surface area contributed by atoms with Crippen molar-refractivity contribution in [1.82, 2.24) is 0 Å². The van der Waals surface area contributed by atoms with Gasteiger partial charge in [0.15, 0.2) is 0 Å². The summed E-state index contributed by atoms with van der Waals surface area (Å²) < 4.78 is 5.71. The molecular weight excluding hydrogens is 391 g/mol. The smallest absolute Gasteiger partial charge is 0.310 e. The van der Waals surface area contributed by atoms with E-state index in [1.54, 1.807) is 6.08 Å². The molecule has 2 nitrogen and oxygen atoms in total. The highest BCUT2D eigenvalue weighted by molar-refractivity contribution is 6.55. The average molecular weight is 410 g/mol. The highest BCUT2D eigenvalue weighted by Crippen LogP contribution is 2.60. The lowest BCUT2D eigenvalue weighted by Gasteiger charge is -2.10. The second-order valence-corrected chi connectivity index (χ2v) is 8.48. The van der Waals surface area contributed by atoms with E-state index in [-0.39, 0.29) is 34.3 Å². The third-order valence-electron chi connectivity index (χ3n) is 4.99. The van der Waals surface area contributed by atoms with Crippen LogP contribution in [-0.2, 0) is 16.1 Å². The lowest BCUT2D eigenvalue weighted by atomic mass is 10.0. The number of ether oxygens (including phenoxy) is 1. The Morgan fingerprint density at radius 2 is 1.81 bits per heavy atom. The number of hydrogen-bond donors (Lipinski definition) is 0. The molecule has 0 spiro atoms. The fraction of sp³-hybridized carbons (Fsp3) is 0.286. The number of benzene rings is 2. The minimum atomic E-state index is -0.257. The van der Waals surface area contributed by atoms with Crippen molar-refractivity contribution in [2.45, 2.75) is 20.5 Å². The predicted octanol–water partition coefficient (Wildman–Crippen LogP) is 6.64. The molecular formula is C21H19Cl3O2. The zero-order valence-corrected chi connectivity index (χ0v) is 16.8. The van der Waals surface area contributed by atoms with Crippen LogP contribution in [-0.4, -0.2) is 5.97 Å². The predicted molar refractivity (Wildman–Crippen MR) is 107 cm³/mol. The first kappa shape index (κ1) is 19.3. The van der Waals surface area contributed by atoms with Gasteiger partial charge in [-0.3, -0.25) is 4.79 Å². The molecule has 0 bridgehead atoms. The lowest BCUT2D eigenvalue weighted by molar-refractivity contribution is -0.147. The Hall–Kier alpha value is -1.48.